The maximum absolute atomic E-state index is 11.0. The molecule has 1 atom stereocenters. The van der Waals surface area contributed by atoms with E-state index in [1.807, 2.05) is 0 Å². The molecule has 0 aromatic carbocycles. The van der Waals surface area contributed by atoms with Crippen LogP contribution in [0.3, 0.4) is 0 Å². The second-order valence-electron chi connectivity index (χ2n) is 2.70. The largest absolute Gasteiger partial charge is 0.478 e. The van der Waals surface area contributed by atoms with Crippen molar-refractivity contribution in [1.29, 1.82) is 0 Å². The Balaban J connectivity index is 4.14. The lowest BCUT2D eigenvalue weighted by molar-refractivity contribution is -0.133. The number of amides is 1. The van der Waals surface area contributed by atoms with Gasteiger partial charge >= 0.3 is 5.97 Å². The molecule has 0 aliphatic rings. The van der Waals surface area contributed by atoms with Crippen molar-refractivity contribution < 1.29 is 14.7 Å². The number of hydrogen-bond donors (Lipinski definition) is 2. The topological polar surface area (TPSA) is 66.4 Å². The van der Waals surface area contributed by atoms with E-state index in [-0.39, 0.29) is 11.6 Å². The molecule has 0 rings (SSSR count). The normalized spacial score (nSPS) is 13.6. The predicted octanol–water partition coefficient (Wildman–Crippen LogP) is 0.761. The zero-order valence-electron chi connectivity index (χ0n) is 7.50. The number of halogens is 1. The molecular weight excluding hydrogens is 194 g/mol. The molecule has 0 spiro atoms. The summed E-state index contributed by atoms with van der Waals surface area (Å²) in [5.41, 5.74) is -0.000674. The Morgan fingerprint density at radius 1 is 1.62 bits per heavy atom. The molecule has 13 heavy (non-hydrogen) atoms. The van der Waals surface area contributed by atoms with Gasteiger partial charge in [0, 0.05) is 23.6 Å². The molecule has 0 heterocycles. The summed E-state index contributed by atoms with van der Waals surface area (Å²) < 4.78 is 0. The third kappa shape index (κ3) is 5.25. The number of hydrogen-bond acceptors (Lipinski definition) is 2. The zero-order valence-corrected chi connectivity index (χ0v) is 8.26. The van der Waals surface area contributed by atoms with Crippen molar-refractivity contribution >= 4 is 23.5 Å². The molecule has 1 amide bonds. The van der Waals surface area contributed by atoms with E-state index in [0.29, 0.717) is 5.88 Å². The number of alkyl halides is 1. The number of carbonyl (C=O) groups is 2. The number of rotatable bonds is 4. The van der Waals surface area contributed by atoms with Gasteiger partial charge in [-0.25, -0.2) is 4.79 Å². The highest BCUT2D eigenvalue weighted by molar-refractivity contribution is 6.18. The summed E-state index contributed by atoms with van der Waals surface area (Å²) in [6.45, 7) is 3.09. The lowest BCUT2D eigenvalue weighted by Crippen LogP contribution is -2.32. The number of aliphatic carboxylic acids is 1. The Morgan fingerprint density at radius 3 is 2.54 bits per heavy atom. The fraction of sp³-hybridized carbons (Fsp3) is 0.500. The first-order chi connectivity index (χ1) is 5.97. The second-order valence-corrected chi connectivity index (χ2v) is 3.01. The second kappa shape index (κ2) is 5.59. The first kappa shape index (κ1) is 12.0. The van der Waals surface area contributed by atoms with Crippen LogP contribution in [0, 0.1) is 0 Å². The lowest BCUT2D eigenvalue weighted by Gasteiger charge is -2.07. The third-order valence-electron chi connectivity index (χ3n) is 1.31. The van der Waals surface area contributed by atoms with Crippen molar-refractivity contribution in [2.24, 2.45) is 0 Å². The van der Waals surface area contributed by atoms with Crippen LogP contribution < -0.4 is 5.32 Å². The molecule has 0 aliphatic heterocycles. The molecule has 74 valence electrons. The summed E-state index contributed by atoms with van der Waals surface area (Å²) in [6, 6.07) is -0.160. The average Bonchev–Trinajstić information content (AvgIpc) is 2.03. The van der Waals surface area contributed by atoms with Crippen LogP contribution >= 0.6 is 11.6 Å². The number of carbonyl (C=O) groups excluding carboxylic acids is 1. The molecule has 4 nitrogen and oxygen atoms in total. The summed E-state index contributed by atoms with van der Waals surface area (Å²) in [5, 5.41) is 11.0. The van der Waals surface area contributed by atoms with Crippen LogP contribution in [-0.4, -0.2) is 28.9 Å². The Labute approximate surface area is 81.6 Å². The van der Waals surface area contributed by atoms with Gasteiger partial charge in [-0.3, -0.25) is 4.79 Å². The van der Waals surface area contributed by atoms with Gasteiger partial charge < -0.3 is 10.4 Å². The monoisotopic (exact) mass is 205 g/mol. The predicted molar refractivity (Wildman–Crippen MR) is 49.7 cm³/mol. The zero-order chi connectivity index (χ0) is 10.4. The van der Waals surface area contributed by atoms with Gasteiger partial charge in [-0.1, -0.05) is 0 Å². The number of nitrogens with one attached hydrogen (secondary N) is 1. The fourth-order valence-electron chi connectivity index (χ4n) is 0.581. The molecule has 0 saturated heterocycles. The lowest BCUT2D eigenvalue weighted by atomic mass is 10.2. The van der Waals surface area contributed by atoms with Gasteiger partial charge in [-0.05, 0) is 13.8 Å². The summed E-state index contributed by atoms with van der Waals surface area (Å²) in [5.74, 6) is -1.24. The molecule has 0 aliphatic carbocycles. The minimum atomic E-state index is -1.10. The van der Waals surface area contributed by atoms with E-state index < -0.39 is 11.9 Å². The number of carboxylic acids is 1. The highest BCUT2D eigenvalue weighted by Crippen LogP contribution is 1.92. The molecular formula is C8H12ClNO3. The molecule has 2 N–H and O–H groups in total. The van der Waals surface area contributed by atoms with Crippen molar-refractivity contribution in [3.8, 4) is 0 Å². The molecule has 0 bridgehead atoms. The van der Waals surface area contributed by atoms with Gasteiger partial charge in [-0.2, -0.15) is 0 Å². The van der Waals surface area contributed by atoms with Crippen molar-refractivity contribution in [3.63, 3.8) is 0 Å². The van der Waals surface area contributed by atoms with Gasteiger partial charge in [-0.15, -0.1) is 11.6 Å². The fourth-order valence-corrected chi connectivity index (χ4v) is 0.659. The van der Waals surface area contributed by atoms with E-state index in [1.54, 1.807) is 6.92 Å². The van der Waals surface area contributed by atoms with Crippen molar-refractivity contribution in [1.82, 2.24) is 5.32 Å². The Bertz CT molecular complexity index is 238. The quantitative estimate of drug-likeness (QED) is 0.526. The number of carboxylic acid groups (broad SMARTS) is 1. The Kier molecular flexibility index (Phi) is 5.14. The van der Waals surface area contributed by atoms with Crippen LogP contribution in [0.15, 0.2) is 11.6 Å². The maximum atomic E-state index is 11.0. The first-order valence-electron chi connectivity index (χ1n) is 3.75. The Morgan fingerprint density at radius 2 is 2.15 bits per heavy atom. The molecule has 5 heteroatoms. The molecule has 0 radical (unpaired) electrons. The molecule has 0 fully saturated rings. The Hall–Kier alpha value is -1.03. The van der Waals surface area contributed by atoms with E-state index in [1.165, 1.54) is 6.92 Å². The van der Waals surface area contributed by atoms with Gasteiger partial charge in [0.25, 0.3) is 0 Å². The minimum absolute atomic E-state index is 0.000674. The van der Waals surface area contributed by atoms with Gasteiger partial charge in [0.2, 0.25) is 5.91 Å². The van der Waals surface area contributed by atoms with E-state index in [2.05, 4.69) is 5.32 Å². The smallest absolute Gasteiger partial charge is 0.331 e. The summed E-state index contributed by atoms with van der Waals surface area (Å²) in [4.78, 5) is 21.3. The van der Waals surface area contributed by atoms with Gasteiger partial charge in [0.1, 0.15) is 0 Å². The molecule has 0 aromatic heterocycles. The van der Waals surface area contributed by atoms with Crippen LogP contribution in [0.2, 0.25) is 0 Å². The highest BCUT2D eigenvalue weighted by Gasteiger charge is 2.06. The van der Waals surface area contributed by atoms with Crippen molar-refractivity contribution in [3.05, 3.63) is 11.6 Å². The van der Waals surface area contributed by atoms with E-state index in [4.69, 9.17) is 16.7 Å². The first-order valence-corrected chi connectivity index (χ1v) is 4.29. The van der Waals surface area contributed by atoms with Crippen LogP contribution in [-0.2, 0) is 9.59 Å². The van der Waals surface area contributed by atoms with Crippen molar-refractivity contribution in [2.75, 3.05) is 5.88 Å². The van der Waals surface area contributed by atoms with Gasteiger partial charge in [0.05, 0.1) is 0 Å². The van der Waals surface area contributed by atoms with Crippen LogP contribution in [0.25, 0.3) is 0 Å². The molecule has 0 aromatic rings. The third-order valence-corrected chi connectivity index (χ3v) is 1.77. The molecule has 1 unspecified atom stereocenters. The molecule has 0 saturated carbocycles. The summed E-state index contributed by atoms with van der Waals surface area (Å²) in [6.07, 6.45) is 1.03. The average molecular weight is 206 g/mol. The van der Waals surface area contributed by atoms with E-state index in [0.717, 1.165) is 6.08 Å². The minimum Gasteiger partial charge on any atom is -0.478 e. The van der Waals surface area contributed by atoms with Crippen molar-refractivity contribution in [2.45, 2.75) is 19.9 Å². The van der Waals surface area contributed by atoms with Crippen LogP contribution in [0.4, 0.5) is 0 Å². The summed E-state index contributed by atoms with van der Waals surface area (Å²) >= 11 is 5.44. The highest BCUT2D eigenvalue weighted by atomic mass is 35.5. The SMILES string of the molecule is CC(=CC(=O)NC(C)CCl)C(=O)O. The van der Waals surface area contributed by atoms with Crippen LogP contribution in [0.1, 0.15) is 13.8 Å². The van der Waals surface area contributed by atoms with Gasteiger partial charge in [0.15, 0.2) is 0 Å². The van der Waals surface area contributed by atoms with E-state index >= 15 is 0 Å². The maximum Gasteiger partial charge on any atom is 0.331 e. The van der Waals surface area contributed by atoms with E-state index in [9.17, 15) is 9.59 Å². The summed E-state index contributed by atoms with van der Waals surface area (Å²) in [7, 11) is 0. The standard InChI is InChI=1S/C8H12ClNO3/c1-5(8(12)13)3-7(11)10-6(2)4-9/h3,6H,4H2,1-2H3,(H,10,11)(H,12,13). The van der Waals surface area contributed by atoms with Crippen LogP contribution in [0.5, 0.6) is 0 Å².